The average molecular weight is 412 g/mol. The molecule has 8 atom stereocenters. The van der Waals surface area contributed by atoms with Crippen LogP contribution in [0, 0.1) is 0 Å². The van der Waals surface area contributed by atoms with Crippen LogP contribution in [0.5, 0.6) is 0 Å². The van der Waals surface area contributed by atoms with Crippen molar-refractivity contribution in [3.8, 4) is 0 Å². The zero-order valence-corrected chi connectivity index (χ0v) is 15.9. The predicted molar refractivity (Wildman–Crippen MR) is 100 cm³/mol. The second-order valence-corrected chi connectivity index (χ2v) is 7.08. The summed E-state index contributed by atoms with van der Waals surface area (Å²) in [6.45, 7) is -0.416. The zero-order valence-electron chi connectivity index (χ0n) is 15.9. The molecule has 3 rings (SSSR count). The minimum Gasteiger partial charge on any atom is -0.394 e. The molecule has 0 bridgehead atoms. The van der Waals surface area contributed by atoms with E-state index in [1.54, 1.807) is 0 Å². The Labute approximate surface area is 168 Å². The summed E-state index contributed by atoms with van der Waals surface area (Å²) in [4.78, 5) is 0. The van der Waals surface area contributed by atoms with Crippen molar-refractivity contribution in [3.63, 3.8) is 0 Å². The van der Waals surface area contributed by atoms with E-state index in [-0.39, 0.29) is 19.6 Å². The molecule has 1 aromatic carbocycles. The summed E-state index contributed by atoms with van der Waals surface area (Å²) < 4.78 is 21.9. The van der Waals surface area contributed by atoms with Crippen molar-refractivity contribution in [1.82, 2.24) is 0 Å². The molecular weight excluding hydrogens is 384 g/mol. The standard InChI is InChI=1S/C20H28O9/c21-10-14-18(24)19(25)20(29-14)27-11-15-17(23)13(22)9-16(28-15)26-8-4-7-12-5-2-1-3-6-12/h1-7,13-25H,8-11H2/b7-4+/t13-,14+,15-,16-,17+,18+,19-,20-/m1/s1. The third-order valence-corrected chi connectivity index (χ3v) is 4.95. The van der Waals surface area contributed by atoms with Gasteiger partial charge in [-0.3, -0.25) is 0 Å². The van der Waals surface area contributed by atoms with Gasteiger partial charge in [-0.15, -0.1) is 0 Å². The second kappa shape index (κ2) is 10.6. The van der Waals surface area contributed by atoms with E-state index in [9.17, 15) is 20.4 Å². The van der Waals surface area contributed by atoms with Gasteiger partial charge in [0.25, 0.3) is 0 Å². The number of benzene rings is 1. The lowest BCUT2D eigenvalue weighted by Gasteiger charge is -2.37. The number of ether oxygens (including phenoxy) is 4. The van der Waals surface area contributed by atoms with Crippen molar-refractivity contribution in [3.05, 3.63) is 42.0 Å². The molecule has 2 aliphatic rings. The summed E-state index contributed by atoms with van der Waals surface area (Å²) in [5.74, 6) is 0. The summed E-state index contributed by atoms with van der Waals surface area (Å²) in [5.41, 5.74) is 1.03. The van der Waals surface area contributed by atoms with Crippen LogP contribution in [-0.2, 0) is 18.9 Å². The fourth-order valence-corrected chi connectivity index (χ4v) is 3.26. The molecule has 2 aliphatic heterocycles. The number of aliphatic hydroxyl groups excluding tert-OH is 5. The van der Waals surface area contributed by atoms with Crippen molar-refractivity contribution >= 4 is 6.08 Å². The second-order valence-electron chi connectivity index (χ2n) is 7.08. The van der Waals surface area contributed by atoms with Crippen LogP contribution < -0.4 is 0 Å². The third kappa shape index (κ3) is 5.82. The van der Waals surface area contributed by atoms with Crippen LogP contribution in [0.15, 0.2) is 36.4 Å². The van der Waals surface area contributed by atoms with E-state index in [0.29, 0.717) is 0 Å². The first kappa shape index (κ1) is 22.3. The minimum absolute atomic E-state index is 0.102. The molecule has 0 amide bonds. The molecule has 0 saturated carbocycles. The maximum Gasteiger partial charge on any atom is 0.186 e. The Morgan fingerprint density at radius 3 is 2.38 bits per heavy atom. The van der Waals surface area contributed by atoms with Gasteiger partial charge < -0.3 is 44.5 Å². The van der Waals surface area contributed by atoms with Crippen molar-refractivity contribution in [1.29, 1.82) is 0 Å². The summed E-state index contributed by atoms with van der Waals surface area (Å²) >= 11 is 0. The molecule has 0 aliphatic carbocycles. The minimum atomic E-state index is -1.34. The first-order valence-electron chi connectivity index (χ1n) is 9.58. The van der Waals surface area contributed by atoms with Gasteiger partial charge in [0.1, 0.15) is 30.5 Å². The third-order valence-electron chi connectivity index (χ3n) is 4.95. The highest BCUT2D eigenvalue weighted by molar-refractivity contribution is 5.48. The van der Waals surface area contributed by atoms with Gasteiger partial charge in [-0.05, 0) is 5.56 Å². The SMILES string of the molecule is OC[C@@H]1O[C@@H](OC[C@H]2O[C@@H](OC/C=C/c3ccccc3)C[C@@H](O)[C@@H]2O)[C@H](O)[C@H]1O. The number of hydrogen-bond donors (Lipinski definition) is 5. The first-order valence-corrected chi connectivity index (χ1v) is 9.58. The number of hydrogen-bond acceptors (Lipinski definition) is 9. The molecule has 9 nitrogen and oxygen atoms in total. The van der Waals surface area contributed by atoms with Crippen molar-refractivity contribution in [2.45, 2.75) is 55.6 Å². The molecule has 2 fully saturated rings. The Morgan fingerprint density at radius 1 is 0.931 bits per heavy atom. The van der Waals surface area contributed by atoms with Gasteiger partial charge >= 0.3 is 0 Å². The Kier molecular flexibility index (Phi) is 8.13. The lowest BCUT2D eigenvalue weighted by atomic mass is 10.0. The highest BCUT2D eigenvalue weighted by Gasteiger charge is 2.44. The number of aliphatic hydroxyl groups is 5. The van der Waals surface area contributed by atoms with Crippen LogP contribution in [0.1, 0.15) is 12.0 Å². The Balaban J connectivity index is 1.47. The van der Waals surface area contributed by atoms with Crippen molar-refractivity contribution < 1.29 is 44.5 Å². The van der Waals surface area contributed by atoms with Gasteiger partial charge in [0.2, 0.25) is 0 Å². The monoisotopic (exact) mass is 412 g/mol. The lowest BCUT2D eigenvalue weighted by Crippen LogP contribution is -2.51. The lowest BCUT2D eigenvalue weighted by molar-refractivity contribution is -0.271. The van der Waals surface area contributed by atoms with E-state index in [4.69, 9.17) is 24.1 Å². The van der Waals surface area contributed by atoms with E-state index in [2.05, 4.69) is 0 Å². The Bertz CT molecular complexity index is 640. The van der Waals surface area contributed by atoms with E-state index in [1.165, 1.54) is 0 Å². The van der Waals surface area contributed by atoms with Gasteiger partial charge in [0, 0.05) is 6.42 Å². The quantitative estimate of drug-likeness (QED) is 0.364. The highest BCUT2D eigenvalue weighted by Crippen LogP contribution is 2.25. The molecule has 1 aromatic rings. The van der Waals surface area contributed by atoms with Gasteiger partial charge in [0.15, 0.2) is 12.6 Å². The summed E-state index contributed by atoms with van der Waals surface area (Å²) in [6, 6.07) is 9.70. The fraction of sp³-hybridized carbons (Fsp3) is 0.600. The topological polar surface area (TPSA) is 138 Å². The van der Waals surface area contributed by atoms with Crippen LogP contribution in [0.3, 0.4) is 0 Å². The molecule has 0 radical (unpaired) electrons. The average Bonchev–Trinajstić information content (AvgIpc) is 3.01. The van der Waals surface area contributed by atoms with Gasteiger partial charge in [0.05, 0.1) is 25.9 Å². The molecule has 0 spiro atoms. The van der Waals surface area contributed by atoms with E-state index >= 15 is 0 Å². The van der Waals surface area contributed by atoms with Crippen LogP contribution in [-0.4, -0.2) is 94.6 Å². The van der Waals surface area contributed by atoms with Crippen molar-refractivity contribution in [2.75, 3.05) is 19.8 Å². The molecule has 0 aromatic heterocycles. The van der Waals surface area contributed by atoms with Crippen LogP contribution >= 0.6 is 0 Å². The molecular formula is C20H28O9. The largest absolute Gasteiger partial charge is 0.394 e. The van der Waals surface area contributed by atoms with E-state index in [0.717, 1.165) is 5.56 Å². The normalized spacial score (nSPS) is 38.0. The molecule has 29 heavy (non-hydrogen) atoms. The van der Waals surface area contributed by atoms with E-state index in [1.807, 2.05) is 42.5 Å². The maximum atomic E-state index is 10.1. The summed E-state index contributed by atoms with van der Waals surface area (Å²) in [5, 5.41) is 49.0. The van der Waals surface area contributed by atoms with E-state index < -0.39 is 55.8 Å². The fourth-order valence-electron chi connectivity index (χ4n) is 3.26. The van der Waals surface area contributed by atoms with Gasteiger partial charge in [-0.1, -0.05) is 42.5 Å². The molecule has 0 unspecified atom stereocenters. The smallest absolute Gasteiger partial charge is 0.186 e. The zero-order chi connectivity index (χ0) is 20.8. The predicted octanol–water partition coefficient (Wildman–Crippen LogP) is -0.991. The first-order chi connectivity index (χ1) is 14.0. The molecule has 2 saturated heterocycles. The van der Waals surface area contributed by atoms with Gasteiger partial charge in [-0.2, -0.15) is 0 Å². The van der Waals surface area contributed by atoms with Crippen molar-refractivity contribution in [2.24, 2.45) is 0 Å². The molecule has 2 heterocycles. The highest BCUT2D eigenvalue weighted by atomic mass is 16.7. The Morgan fingerprint density at radius 2 is 1.69 bits per heavy atom. The summed E-state index contributed by atoms with van der Waals surface area (Å²) in [7, 11) is 0. The summed E-state index contributed by atoms with van der Waals surface area (Å²) in [6.07, 6.45) is -4.85. The molecule has 5 N–H and O–H groups in total. The molecule has 162 valence electrons. The van der Waals surface area contributed by atoms with Crippen LogP contribution in [0.2, 0.25) is 0 Å². The molecule has 9 heteroatoms. The number of rotatable bonds is 8. The van der Waals surface area contributed by atoms with Crippen LogP contribution in [0.25, 0.3) is 6.08 Å². The van der Waals surface area contributed by atoms with Gasteiger partial charge in [-0.25, -0.2) is 0 Å². The Hall–Kier alpha value is -1.40. The maximum absolute atomic E-state index is 10.1. The van der Waals surface area contributed by atoms with Crippen LogP contribution in [0.4, 0.5) is 0 Å².